The van der Waals surface area contributed by atoms with E-state index in [0.29, 0.717) is 0 Å². The van der Waals surface area contributed by atoms with Crippen LogP contribution in [0.4, 0.5) is 0 Å². The van der Waals surface area contributed by atoms with E-state index in [1.807, 2.05) is 11.4 Å². The van der Waals surface area contributed by atoms with E-state index in [1.165, 1.54) is 10.5 Å². The maximum atomic E-state index is 12.1. The van der Waals surface area contributed by atoms with Gasteiger partial charge in [0.2, 0.25) is 11.8 Å². The van der Waals surface area contributed by atoms with E-state index in [2.05, 4.69) is 47.9 Å². The fourth-order valence-corrected chi connectivity index (χ4v) is 3.42. The molecule has 1 atom stereocenters. The lowest BCUT2D eigenvalue weighted by atomic mass is 10.0. The second-order valence-corrected chi connectivity index (χ2v) is 7.37. The van der Waals surface area contributed by atoms with Gasteiger partial charge in [-0.15, -0.1) is 11.3 Å². The van der Waals surface area contributed by atoms with Crippen molar-refractivity contribution in [2.45, 2.75) is 25.8 Å². The number of carbonyl (C=O) groups is 2. The smallest absolute Gasteiger partial charge is 0.241 e. The highest BCUT2D eigenvalue weighted by Crippen LogP contribution is 2.26. The SMILES string of the molecule is CCCc1ccc([C@H](NCC(=O)NCC(=O)N(C)C)c2cccs2)cc1. The van der Waals surface area contributed by atoms with Gasteiger partial charge in [0.15, 0.2) is 0 Å². The van der Waals surface area contributed by atoms with Crippen LogP contribution in [0.2, 0.25) is 0 Å². The molecule has 1 aromatic heterocycles. The zero-order valence-corrected chi connectivity index (χ0v) is 16.4. The summed E-state index contributed by atoms with van der Waals surface area (Å²) in [6.45, 7) is 2.34. The van der Waals surface area contributed by atoms with Crippen LogP contribution >= 0.6 is 11.3 Å². The van der Waals surface area contributed by atoms with Crippen LogP contribution in [0, 0.1) is 0 Å². The third-order valence-electron chi connectivity index (χ3n) is 4.08. The van der Waals surface area contributed by atoms with Crippen molar-refractivity contribution < 1.29 is 9.59 Å². The Bertz CT molecular complexity index is 696. The Morgan fingerprint density at radius 1 is 1.12 bits per heavy atom. The number of thiophene rings is 1. The number of aryl methyl sites for hydroxylation is 1. The summed E-state index contributed by atoms with van der Waals surface area (Å²) in [6, 6.07) is 12.6. The molecule has 6 heteroatoms. The summed E-state index contributed by atoms with van der Waals surface area (Å²) in [5, 5.41) is 8.00. The van der Waals surface area contributed by atoms with E-state index < -0.39 is 0 Å². The molecule has 2 aromatic rings. The normalized spacial score (nSPS) is 11.8. The topological polar surface area (TPSA) is 61.4 Å². The zero-order chi connectivity index (χ0) is 18.9. The molecule has 0 aliphatic heterocycles. The van der Waals surface area contributed by atoms with Crippen LogP contribution < -0.4 is 10.6 Å². The Kier molecular flexibility index (Phi) is 7.81. The van der Waals surface area contributed by atoms with Crippen molar-refractivity contribution in [2.24, 2.45) is 0 Å². The highest BCUT2D eigenvalue weighted by molar-refractivity contribution is 7.10. The van der Waals surface area contributed by atoms with Crippen molar-refractivity contribution in [3.63, 3.8) is 0 Å². The Morgan fingerprint density at radius 3 is 2.42 bits per heavy atom. The van der Waals surface area contributed by atoms with Gasteiger partial charge in [-0.1, -0.05) is 43.7 Å². The van der Waals surface area contributed by atoms with Gasteiger partial charge in [-0.05, 0) is 29.0 Å². The predicted molar refractivity (Wildman–Crippen MR) is 106 cm³/mol. The lowest BCUT2D eigenvalue weighted by molar-refractivity contribution is -0.130. The molecule has 2 N–H and O–H groups in total. The van der Waals surface area contributed by atoms with Gasteiger partial charge in [0.05, 0.1) is 19.1 Å². The number of benzene rings is 1. The standard InChI is InChI=1S/C20H27N3O2S/c1-4-6-15-8-10-16(11-9-15)20(17-7-5-12-26-17)22-13-18(24)21-14-19(25)23(2)3/h5,7-12,20,22H,4,6,13-14H2,1-3H3,(H,21,24)/t20-/m0/s1. The summed E-state index contributed by atoms with van der Waals surface area (Å²) in [7, 11) is 3.34. The number of hydrogen-bond acceptors (Lipinski definition) is 4. The Labute approximate surface area is 159 Å². The lowest BCUT2D eigenvalue weighted by Crippen LogP contribution is -2.41. The van der Waals surface area contributed by atoms with Gasteiger partial charge in [-0.25, -0.2) is 0 Å². The second kappa shape index (κ2) is 10.1. The number of nitrogens with zero attached hydrogens (tertiary/aromatic N) is 1. The van der Waals surface area contributed by atoms with Gasteiger partial charge >= 0.3 is 0 Å². The molecule has 0 aliphatic rings. The zero-order valence-electron chi connectivity index (χ0n) is 15.6. The van der Waals surface area contributed by atoms with Crippen LogP contribution in [-0.2, 0) is 16.0 Å². The van der Waals surface area contributed by atoms with Crippen molar-refractivity contribution in [2.75, 3.05) is 27.2 Å². The van der Waals surface area contributed by atoms with E-state index in [4.69, 9.17) is 0 Å². The number of amides is 2. The van der Waals surface area contributed by atoms with Gasteiger partial charge in [0.1, 0.15) is 0 Å². The van der Waals surface area contributed by atoms with Crippen LogP contribution in [0.1, 0.15) is 35.4 Å². The number of hydrogen-bond donors (Lipinski definition) is 2. The maximum Gasteiger partial charge on any atom is 0.241 e. The molecule has 5 nitrogen and oxygen atoms in total. The molecule has 0 radical (unpaired) electrons. The van der Waals surface area contributed by atoms with Gasteiger partial charge in [0, 0.05) is 19.0 Å². The molecule has 0 saturated heterocycles. The van der Waals surface area contributed by atoms with Crippen molar-refractivity contribution in [3.05, 3.63) is 57.8 Å². The minimum Gasteiger partial charge on any atom is -0.347 e. The van der Waals surface area contributed by atoms with E-state index in [-0.39, 0.29) is 30.9 Å². The Hall–Kier alpha value is -2.18. The summed E-state index contributed by atoms with van der Waals surface area (Å²) in [4.78, 5) is 26.3. The molecule has 0 bridgehead atoms. The number of nitrogens with one attached hydrogen (secondary N) is 2. The minimum atomic E-state index is -0.190. The molecule has 2 amide bonds. The monoisotopic (exact) mass is 373 g/mol. The van der Waals surface area contributed by atoms with Crippen LogP contribution in [0.3, 0.4) is 0 Å². The minimum absolute atomic E-state index is 0.0168. The fraction of sp³-hybridized carbons (Fsp3) is 0.400. The van der Waals surface area contributed by atoms with Gasteiger partial charge in [-0.3, -0.25) is 14.9 Å². The molecule has 0 fully saturated rings. The molecule has 2 rings (SSSR count). The van der Waals surface area contributed by atoms with Gasteiger partial charge in [-0.2, -0.15) is 0 Å². The van der Waals surface area contributed by atoms with Gasteiger partial charge < -0.3 is 10.2 Å². The Morgan fingerprint density at radius 2 is 1.85 bits per heavy atom. The summed E-state index contributed by atoms with van der Waals surface area (Å²) in [5.74, 6) is -0.316. The van der Waals surface area contributed by atoms with Crippen LogP contribution in [-0.4, -0.2) is 43.9 Å². The molecule has 0 aliphatic carbocycles. The van der Waals surface area contributed by atoms with Crippen LogP contribution in [0.5, 0.6) is 0 Å². The highest BCUT2D eigenvalue weighted by Gasteiger charge is 2.16. The van der Waals surface area contributed by atoms with Crippen molar-refractivity contribution >= 4 is 23.2 Å². The van der Waals surface area contributed by atoms with Crippen LogP contribution in [0.25, 0.3) is 0 Å². The quantitative estimate of drug-likeness (QED) is 0.710. The molecule has 140 valence electrons. The van der Waals surface area contributed by atoms with Crippen molar-refractivity contribution in [1.29, 1.82) is 0 Å². The number of likely N-dealkylation sites (N-methyl/N-ethyl adjacent to an activating group) is 1. The van der Waals surface area contributed by atoms with Crippen molar-refractivity contribution in [3.8, 4) is 0 Å². The first-order chi connectivity index (χ1) is 12.5. The third-order valence-corrected chi connectivity index (χ3v) is 5.02. The third kappa shape index (κ3) is 5.97. The first-order valence-corrected chi connectivity index (χ1v) is 9.71. The molecule has 1 aromatic carbocycles. The highest BCUT2D eigenvalue weighted by atomic mass is 32.1. The molecule has 0 saturated carbocycles. The number of rotatable bonds is 9. The second-order valence-electron chi connectivity index (χ2n) is 6.39. The molecule has 26 heavy (non-hydrogen) atoms. The molecule has 1 heterocycles. The molecule has 0 unspecified atom stereocenters. The summed E-state index contributed by atoms with van der Waals surface area (Å²) < 4.78 is 0. The molecular weight excluding hydrogens is 346 g/mol. The summed E-state index contributed by atoms with van der Waals surface area (Å²) in [6.07, 6.45) is 2.19. The fourth-order valence-electron chi connectivity index (χ4n) is 2.59. The van der Waals surface area contributed by atoms with Crippen LogP contribution in [0.15, 0.2) is 41.8 Å². The average Bonchev–Trinajstić information content (AvgIpc) is 3.15. The lowest BCUT2D eigenvalue weighted by Gasteiger charge is -2.18. The summed E-state index contributed by atoms with van der Waals surface area (Å²) in [5.41, 5.74) is 2.45. The maximum absolute atomic E-state index is 12.1. The number of carbonyl (C=O) groups excluding carboxylic acids is 2. The van der Waals surface area contributed by atoms with E-state index in [1.54, 1.807) is 25.4 Å². The largest absolute Gasteiger partial charge is 0.347 e. The molecule has 0 spiro atoms. The predicted octanol–water partition coefficient (Wildman–Crippen LogP) is 2.58. The average molecular weight is 374 g/mol. The summed E-state index contributed by atoms with van der Waals surface area (Å²) >= 11 is 1.66. The van der Waals surface area contributed by atoms with E-state index in [9.17, 15) is 9.59 Å². The molecular formula is C20H27N3O2S. The van der Waals surface area contributed by atoms with Gasteiger partial charge in [0.25, 0.3) is 0 Å². The van der Waals surface area contributed by atoms with Crippen molar-refractivity contribution in [1.82, 2.24) is 15.5 Å². The van der Waals surface area contributed by atoms with E-state index >= 15 is 0 Å². The van der Waals surface area contributed by atoms with E-state index in [0.717, 1.165) is 23.3 Å². The first kappa shape index (κ1) is 20.1. The Balaban J connectivity index is 2.00. The first-order valence-electron chi connectivity index (χ1n) is 8.83.